The molecule has 2 aliphatic heterocycles. The first kappa shape index (κ1) is 25.7. The molecule has 1 N–H and O–H groups in total. The van der Waals surface area contributed by atoms with Crippen LogP contribution in [0, 0.1) is 12.3 Å². The molecule has 4 heterocycles. The Kier molecular flexibility index (Phi) is 6.29. The van der Waals surface area contributed by atoms with Crippen molar-refractivity contribution in [1.29, 1.82) is 0 Å². The van der Waals surface area contributed by atoms with Crippen LogP contribution in [0.25, 0.3) is 22.2 Å². The fourth-order valence-corrected chi connectivity index (χ4v) is 6.24. The number of hydrogen-bond acceptors (Lipinski definition) is 6. The number of rotatable bonds is 4. The van der Waals surface area contributed by atoms with Crippen molar-refractivity contribution in [3.8, 4) is 16.9 Å². The highest BCUT2D eigenvalue weighted by atomic mass is 19.1. The molecule has 2 aromatic carbocycles. The number of nitrogens with one attached hydrogen (secondary N) is 1. The van der Waals surface area contributed by atoms with Crippen molar-refractivity contribution in [3.05, 3.63) is 89.0 Å². The van der Waals surface area contributed by atoms with Crippen LogP contribution < -0.4 is 9.64 Å². The smallest absolute Gasteiger partial charge is 0.150 e. The summed E-state index contributed by atoms with van der Waals surface area (Å²) in [4.78, 5) is 22.3. The Labute approximate surface area is 239 Å². The van der Waals surface area contributed by atoms with E-state index in [9.17, 15) is 4.39 Å². The maximum Gasteiger partial charge on any atom is 0.150 e. The molecule has 3 aliphatic rings. The lowest BCUT2D eigenvalue weighted by molar-refractivity contribution is 0.308. The van der Waals surface area contributed by atoms with Crippen molar-refractivity contribution in [2.75, 3.05) is 24.6 Å². The van der Waals surface area contributed by atoms with Gasteiger partial charge in [0.25, 0.3) is 0 Å². The number of aromatic nitrogens is 4. The second-order valence-corrected chi connectivity index (χ2v) is 12.2. The van der Waals surface area contributed by atoms with Crippen molar-refractivity contribution >= 4 is 16.9 Å². The summed E-state index contributed by atoms with van der Waals surface area (Å²) in [5.41, 5.74) is 7.98. The van der Waals surface area contributed by atoms with Crippen molar-refractivity contribution in [3.63, 3.8) is 0 Å². The number of allylic oxidation sites excluding steroid dienone is 2. The van der Waals surface area contributed by atoms with Gasteiger partial charge in [0.2, 0.25) is 0 Å². The standard InChI is InChI=1S/C33H35FN6O/c1-21-35-28-8-6-23(16-29(28)36-21)22-7-9-30-24(15-22)18-40(13-14-41-30)32-26-17-33(2,3)11-10-27(26)37-31(38-32)20-39-12-4-5-25(34)19-39/h4-9,12,15-16H,10-11,13-14,17-20H2,1-3H3,(H,35,36). The summed E-state index contributed by atoms with van der Waals surface area (Å²) in [6, 6.07) is 12.8. The number of aromatic amines is 1. The fraction of sp³-hybridized carbons (Fsp3) is 0.364. The van der Waals surface area contributed by atoms with E-state index < -0.39 is 0 Å². The van der Waals surface area contributed by atoms with Crippen LogP contribution >= 0.6 is 0 Å². The average Bonchev–Trinajstić information content (AvgIpc) is 3.18. The van der Waals surface area contributed by atoms with E-state index >= 15 is 0 Å². The monoisotopic (exact) mass is 550 g/mol. The van der Waals surface area contributed by atoms with Crippen LogP contribution in [0.2, 0.25) is 0 Å². The molecule has 0 spiro atoms. The molecule has 7 nitrogen and oxygen atoms in total. The number of hydrogen-bond donors (Lipinski definition) is 1. The Bertz CT molecular complexity index is 1700. The zero-order valence-electron chi connectivity index (χ0n) is 23.9. The number of benzene rings is 2. The molecule has 0 amide bonds. The summed E-state index contributed by atoms with van der Waals surface area (Å²) < 4.78 is 20.2. The van der Waals surface area contributed by atoms with Gasteiger partial charge in [-0.25, -0.2) is 19.3 Å². The molecule has 0 saturated heterocycles. The number of anilines is 1. The first-order valence-corrected chi connectivity index (χ1v) is 14.4. The average molecular weight is 551 g/mol. The summed E-state index contributed by atoms with van der Waals surface area (Å²) in [6.07, 6.45) is 8.12. The van der Waals surface area contributed by atoms with Gasteiger partial charge in [0.15, 0.2) is 0 Å². The number of H-pyrrole nitrogens is 1. The van der Waals surface area contributed by atoms with Crippen LogP contribution in [0.15, 0.2) is 60.6 Å². The second-order valence-electron chi connectivity index (χ2n) is 12.2. The highest BCUT2D eigenvalue weighted by Gasteiger charge is 2.32. The summed E-state index contributed by atoms with van der Waals surface area (Å²) in [5.74, 6) is 3.41. The van der Waals surface area contributed by atoms with Crippen LogP contribution in [-0.4, -0.2) is 44.5 Å². The first-order chi connectivity index (χ1) is 19.8. The molecule has 41 heavy (non-hydrogen) atoms. The molecule has 0 atom stereocenters. The summed E-state index contributed by atoms with van der Waals surface area (Å²) >= 11 is 0. The predicted octanol–water partition coefficient (Wildman–Crippen LogP) is 6.42. The van der Waals surface area contributed by atoms with E-state index in [-0.39, 0.29) is 17.8 Å². The highest BCUT2D eigenvalue weighted by molar-refractivity contribution is 5.82. The third-order valence-electron chi connectivity index (χ3n) is 8.36. The van der Waals surface area contributed by atoms with Gasteiger partial charge in [-0.15, -0.1) is 0 Å². The molecular weight excluding hydrogens is 515 g/mol. The molecule has 8 heteroatoms. The molecule has 2 aromatic heterocycles. The van der Waals surface area contributed by atoms with Crippen LogP contribution in [0.5, 0.6) is 5.75 Å². The van der Waals surface area contributed by atoms with Crippen molar-refractivity contribution in [1.82, 2.24) is 24.8 Å². The third kappa shape index (κ3) is 5.19. The van der Waals surface area contributed by atoms with Gasteiger partial charge in [-0.2, -0.15) is 0 Å². The zero-order valence-corrected chi connectivity index (χ0v) is 23.9. The minimum Gasteiger partial charge on any atom is -0.491 e. The van der Waals surface area contributed by atoms with Gasteiger partial charge >= 0.3 is 0 Å². The summed E-state index contributed by atoms with van der Waals surface area (Å²) in [5, 5.41) is 0. The minimum absolute atomic E-state index is 0.147. The Morgan fingerprint density at radius 2 is 1.90 bits per heavy atom. The van der Waals surface area contributed by atoms with E-state index in [4.69, 9.17) is 14.7 Å². The summed E-state index contributed by atoms with van der Waals surface area (Å²) in [6.45, 7) is 9.35. The lowest BCUT2D eigenvalue weighted by Crippen LogP contribution is -2.32. The van der Waals surface area contributed by atoms with Gasteiger partial charge in [-0.05, 0) is 79.1 Å². The number of imidazole rings is 1. The molecule has 210 valence electrons. The Hall–Kier alpha value is -4.20. The van der Waals surface area contributed by atoms with Gasteiger partial charge in [-0.3, -0.25) is 0 Å². The molecule has 0 saturated carbocycles. The van der Waals surface area contributed by atoms with E-state index in [1.165, 1.54) is 11.6 Å². The van der Waals surface area contributed by atoms with Gasteiger partial charge in [0.1, 0.15) is 35.6 Å². The normalized spacial score (nSPS) is 18.0. The van der Waals surface area contributed by atoms with Crippen LogP contribution in [0.4, 0.5) is 10.2 Å². The topological polar surface area (TPSA) is 70.2 Å². The fourth-order valence-electron chi connectivity index (χ4n) is 6.24. The van der Waals surface area contributed by atoms with Crippen molar-refractivity contribution in [2.45, 2.75) is 53.1 Å². The van der Waals surface area contributed by atoms with Crippen molar-refractivity contribution < 1.29 is 9.13 Å². The quantitative estimate of drug-likeness (QED) is 0.316. The van der Waals surface area contributed by atoms with Gasteiger partial charge in [0.05, 0.1) is 30.7 Å². The maximum atomic E-state index is 14.0. The van der Waals surface area contributed by atoms with Gasteiger partial charge in [0, 0.05) is 29.6 Å². The van der Waals surface area contributed by atoms with Gasteiger partial charge in [-0.1, -0.05) is 26.0 Å². The number of nitrogens with zero attached hydrogens (tertiary/aromatic N) is 5. The van der Waals surface area contributed by atoms with E-state index in [0.717, 1.165) is 82.4 Å². The molecule has 0 unspecified atom stereocenters. The molecular formula is C33H35FN6O. The van der Waals surface area contributed by atoms with Crippen LogP contribution in [0.1, 0.15) is 48.7 Å². The first-order valence-electron chi connectivity index (χ1n) is 14.4. The van der Waals surface area contributed by atoms with Gasteiger partial charge < -0.3 is 19.5 Å². The van der Waals surface area contributed by atoms with Crippen LogP contribution in [0.3, 0.4) is 0 Å². The molecule has 0 bridgehead atoms. The molecule has 1 aliphatic carbocycles. The lowest BCUT2D eigenvalue weighted by atomic mass is 9.76. The van der Waals surface area contributed by atoms with E-state index in [1.807, 2.05) is 18.0 Å². The highest BCUT2D eigenvalue weighted by Crippen LogP contribution is 2.39. The molecule has 0 fully saturated rings. The molecule has 4 aromatic rings. The number of ether oxygens (including phenoxy) is 1. The maximum absolute atomic E-state index is 14.0. The largest absolute Gasteiger partial charge is 0.491 e. The number of aryl methyl sites for hydroxylation is 2. The zero-order chi connectivity index (χ0) is 28.1. The van der Waals surface area contributed by atoms with Crippen molar-refractivity contribution in [2.24, 2.45) is 5.41 Å². The Morgan fingerprint density at radius 3 is 2.78 bits per heavy atom. The Morgan fingerprint density at radius 1 is 1.05 bits per heavy atom. The summed E-state index contributed by atoms with van der Waals surface area (Å²) in [7, 11) is 0. The lowest BCUT2D eigenvalue weighted by Gasteiger charge is -2.34. The SMILES string of the molecule is Cc1nc2ccc(-c3ccc4c(c3)CN(c3nc(CN5C=CC=C(F)C5)nc5c3CC(C)(C)CC5)CCO4)cc2[nH]1. The Balaban J connectivity index is 1.24. The third-order valence-corrected chi connectivity index (χ3v) is 8.36. The second kappa shape index (κ2) is 10.0. The molecule has 0 radical (unpaired) electrons. The van der Waals surface area contributed by atoms with E-state index in [2.05, 4.69) is 65.1 Å². The minimum atomic E-state index is -0.147. The van der Waals surface area contributed by atoms with E-state index in [0.29, 0.717) is 19.7 Å². The predicted molar refractivity (Wildman–Crippen MR) is 159 cm³/mol. The molecule has 7 rings (SSSR count). The number of halogens is 1. The van der Waals surface area contributed by atoms with Crippen LogP contribution in [-0.2, 0) is 25.9 Å². The number of fused-ring (bicyclic) bond motifs is 3. The van der Waals surface area contributed by atoms with E-state index in [1.54, 1.807) is 6.08 Å².